The lowest BCUT2D eigenvalue weighted by molar-refractivity contribution is -0.142. The molecule has 0 saturated heterocycles. The summed E-state index contributed by atoms with van der Waals surface area (Å²) in [5.41, 5.74) is 8.17. The molecule has 0 aliphatic heterocycles. The van der Waals surface area contributed by atoms with Crippen LogP contribution in [0.4, 0.5) is 19.0 Å². The predicted molar refractivity (Wildman–Crippen MR) is 85.0 cm³/mol. The normalized spacial score (nSPS) is 11.8. The zero-order chi connectivity index (χ0) is 17.5. The van der Waals surface area contributed by atoms with Crippen molar-refractivity contribution in [1.82, 2.24) is 14.8 Å². The zero-order valence-corrected chi connectivity index (χ0v) is 13.2. The number of fused-ring (bicyclic) bond motifs is 1. The van der Waals surface area contributed by atoms with Crippen LogP contribution in [-0.2, 0) is 6.54 Å². The molecule has 24 heavy (non-hydrogen) atoms. The maximum absolute atomic E-state index is 12.8. The van der Waals surface area contributed by atoms with Crippen molar-refractivity contribution in [3.8, 4) is 11.3 Å². The molecule has 0 bridgehead atoms. The summed E-state index contributed by atoms with van der Waals surface area (Å²) in [6.07, 6.45) is -4.48. The van der Waals surface area contributed by atoms with Crippen LogP contribution < -0.4 is 11.1 Å². The maximum atomic E-state index is 12.8. The van der Waals surface area contributed by atoms with Crippen LogP contribution in [-0.4, -0.2) is 33.9 Å². The molecule has 126 valence electrons. The van der Waals surface area contributed by atoms with Gasteiger partial charge in [-0.05, 0) is 12.1 Å². The molecular weight excluding hydrogens is 343 g/mol. The number of aromatic nitrogens is 3. The van der Waals surface area contributed by atoms with Crippen LogP contribution in [0.1, 0.15) is 10.4 Å². The van der Waals surface area contributed by atoms with Gasteiger partial charge in [0.2, 0.25) is 0 Å². The first-order chi connectivity index (χ1) is 11.3. The number of nitrogens with zero attached hydrogens (tertiary/aromatic N) is 3. The Kier molecular flexibility index (Phi) is 3.91. The number of alkyl halides is 3. The summed E-state index contributed by atoms with van der Waals surface area (Å²) in [7, 11) is 1.41. The molecule has 0 spiro atoms. The van der Waals surface area contributed by atoms with Gasteiger partial charge in [-0.25, -0.2) is 9.67 Å². The van der Waals surface area contributed by atoms with Crippen LogP contribution in [0.2, 0.25) is 0 Å². The third-order valence-electron chi connectivity index (χ3n) is 3.37. The van der Waals surface area contributed by atoms with Crippen LogP contribution in [0.15, 0.2) is 23.7 Å². The SMILES string of the molecule is CNc1c(C(N)=O)c(-c2ccc3scnc3c2)nn1CC(F)(F)F. The van der Waals surface area contributed by atoms with E-state index >= 15 is 0 Å². The fraction of sp³-hybridized carbons (Fsp3) is 0.214. The average molecular weight is 355 g/mol. The third kappa shape index (κ3) is 2.92. The Balaban J connectivity index is 2.20. The summed E-state index contributed by atoms with van der Waals surface area (Å²) in [5.74, 6) is -0.936. The Bertz CT molecular complexity index is 915. The Morgan fingerprint density at radius 3 is 2.79 bits per heavy atom. The minimum absolute atomic E-state index is 0.0757. The van der Waals surface area contributed by atoms with Crippen molar-refractivity contribution in [1.29, 1.82) is 0 Å². The van der Waals surface area contributed by atoms with Gasteiger partial charge in [0.15, 0.2) is 0 Å². The number of halogens is 3. The van der Waals surface area contributed by atoms with E-state index in [-0.39, 0.29) is 17.1 Å². The molecule has 0 unspecified atom stereocenters. The van der Waals surface area contributed by atoms with Gasteiger partial charge >= 0.3 is 6.18 Å². The number of nitrogens with two attached hydrogens (primary N) is 1. The number of primary amides is 1. The van der Waals surface area contributed by atoms with Crippen LogP contribution in [0.25, 0.3) is 21.5 Å². The van der Waals surface area contributed by atoms with Crippen molar-refractivity contribution < 1.29 is 18.0 Å². The maximum Gasteiger partial charge on any atom is 0.408 e. The van der Waals surface area contributed by atoms with Crippen molar-refractivity contribution in [3.63, 3.8) is 0 Å². The van der Waals surface area contributed by atoms with E-state index in [1.54, 1.807) is 23.7 Å². The lowest BCUT2D eigenvalue weighted by Gasteiger charge is -2.10. The molecular formula is C14H12F3N5OS. The highest BCUT2D eigenvalue weighted by atomic mass is 32.1. The monoisotopic (exact) mass is 355 g/mol. The van der Waals surface area contributed by atoms with Gasteiger partial charge in [-0.3, -0.25) is 4.79 Å². The third-order valence-corrected chi connectivity index (χ3v) is 4.18. The molecule has 3 N–H and O–H groups in total. The van der Waals surface area contributed by atoms with Gasteiger partial charge in [0, 0.05) is 12.6 Å². The summed E-state index contributed by atoms with van der Waals surface area (Å²) in [5, 5.41) is 6.53. The minimum Gasteiger partial charge on any atom is -0.373 e. The van der Waals surface area contributed by atoms with Gasteiger partial charge in [0.05, 0.1) is 15.7 Å². The fourth-order valence-corrected chi connectivity index (χ4v) is 3.10. The number of nitrogens with one attached hydrogen (secondary N) is 1. The number of benzene rings is 1. The molecule has 3 rings (SSSR count). The molecule has 1 amide bonds. The molecule has 6 nitrogen and oxygen atoms in total. The Labute approximate surface area is 138 Å². The number of amides is 1. The van der Waals surface area contributed by atoms with Gasteiger partial charge in [0.1, 0.15) is 23.6 Å². The first-order valence-electron chi connectivity index (χ1n) is 6.79. The van der Waals surface area contributed by atoms with E-state index in [1.165, 1.54) is 18.4 Å². The predicted octanol–water partition coefficient (Wildman–Crippen LogP) is 2.86. The van der Waals surface area contributed by atoms with E-state index in [1.807, 2.05) is 0 Å². The summed E-state index contributed by atoms with van der Waals surface area (Å²) >= 11 is 1.43. The van der Waals surface area contributed by atoms with Crippen molar-refractivity contribution in [2.75, 3.05) is 12.4 Å². The molecule has 0 fully saturated rings. The highest BCUT2D eigenvalue weighted by Crippen LogP contribution is 2.32. The van der Waals surface area contributed by atoms with Crippen molar-refractivity contribution in [2.24, 2.45) is 5.73 Å². The van der Waals surface area contributed by atoms with Crippen molar-refractivity contribution >= 4 is 33.3 Å². The Morgan fingerprint density at radius 2 is 2.17 bits per heavy atom. The number of rotatable bonds is 4. The number of carbonyl (C=O) groups is 1. The van der Waals surface area contributed by atoms with Gasteiger partial charge in [0.25, 0.3) is 5.91 Å². The molecule has 3 aromatic rings. The summed E-state index contributed by atoms with van der Waals surface area (Å²) in [6.45, 7) is -1.33. The average Bonchev–Trinajstić information content (AvgIpc) is 3.08. The van der Waals surface area contributed by atoms with E-state index < -0.39 is 18.6 Å². The molecule has 0 atom stereocenters. The fourth-order valence-electron chi connectivity index (χ4n) is 2.44. The van der Waals surface area contributed by atoms with E-state index in [0.29, 0.717) is 15.8 Å². The molecule has 2 heterocycles. The number of carbonyl (C=O) groups excluding carboxylic acids is 1. The number of hydrogen-bond donors (Lipinski definition) is 2. The van der Waals surface area contributed by atoms with Gasteiger partial charge in [-0.15, -0.1) is 11.3 Å². The summed E-state index contributed by atoms with van der Waals surface area (Å²) in [6, 6.07) is 5.11. The van der Waals surface area contributed by atoms with E-state index in [0.717, 1.165) is 4.70 Å². The highest BCUT2D eigenvalue weighted by Gasteiger charge is 2.32. The Hall–Kier alpha value is -2.62. The van der Waals surface area contributed by atoms with Crippen LogP contribution in [0, 0.1) is 0 Å². The van der Waals surface area contributed by atoms with Crippen LogP contribution in [0.5, 0.6) is 0 Å². The van der Waals surface area contributed by atoms with Crippen molar-refractivity contribution in [2.45, 2.75) is 12.7 Å². The summed E-state index contributed by atoms with van der Waals surface area (Å²) < 4.78 is 39.9. The first kappa shape index (κ1) is 16.2. The molecule has 1 aromatic carbocycles. The molecule has 2 aromatic heterocycles. The van der Waals surface area contributed by atoms with Gasteiger partial charge in [-0.1, -0.05) is 6.07 Å². The van der Waals surface area contributed by atoms with Crippen LogP contribution in [0.3, 0.4) is 0 Å². The minimum atomic E-state index is -4.48. The second-order valence-corrected chi connectivity index (χ2v) is 5.88. The molecule has 0 aliphatic rings. The lowest BCUT2D eigenvalue weighted by Crippen LogP contribution is -2.21. The van der Waals surface area contributed by atoms with Crippen molar-refractivity contribution in [3.05, 3.63) is 29.3 Å². The molecule has 0 radical (unpaired) electrons. The smallest absolute Gasteiger partial charge is 0.373 e. The quantitative estimate of drug-likeness (QED) is 0.753. The molecule has 0 aliphatic carbocycles. The Morgan fingerprint density at radius 1 is 1.42 bits per heavy atom. The van der Waals surface area contributed by atoms with Gasteiger partial charge in [-0.2, -0.15) is 18.3 Å². The second-order valence-electron chi connectivity index (χ2n) is 4.99. The zero-order valence-electron chi connectivity index (χ0n) is 12.4. The summed E-state index contributed by atoms with van der Waals surface area (Å²) in [4.78, 5) is 16.0. The first-order valence-corrected chi connectivity index (χ1v) is 7.67. The van der Waals surface area contributed by atoms with E-state index in [2.05, 4.69) is 15.4 Å². The number of hydrogen-bond acceptors (Lipinski definition) is 5. The van der Waals surface area contributed by atoms with E-state index in [4.69, 9.17) is 5.73 Å². The van der Waals surface area contributed by atoms with E-state index in [9.17, 15) is 18.0 Å². The van der Waals surface area contributed by atoms with Gasteiger partial charge < -0.3 is 11.1 Å². The highest BCUT2D eigenvalue weighted by molar-refractivity contribution is 7.16. The standard InChI is InChI=1S/C14H12F3N5OS/c1-19-13-10(12(18)23)11(21-22(13)5-14(15,16)17)7-2-3-9-8(4-7)20-6-24-9/h2-4,6,19H,5H2,1H3,(H2,18,23). The second kappa shape index (κ2) is 5.78. The molecule has 10 heteroatoms. The lowest BCUT2D eigenvalue weighted by atomic mass is 10.1. The number of thiazole rings is 1. The van der Waals surface area contributed by atoms with Crippen LogP contribution >= 0.6 is 11.3 Å². The molecule has 0 saturated carbocycles. The topological polar surface area (TPSA) is 85.8 Å². The largest absolute Gasteiger partial charge is 0.408 e. The number of anilines is 1.